The Kier molecular flexibility index (Phi) is 3.49. The van der Waals surface area contributed by atoms with E-state index in [4.69, 9.17) is 4.43 Å². The summed E-state index contributed by atoms with van der Waals surface area (Å²) < 4.78 is 6.15. The second-order valence-corrected chi connectivity index (χ2v) is 10.3. The Labute approximate surface area is 115 Å². The smallest absolute Gasteiger partial charge is 0.186 e. The topological polar surface area (TPSA) is 33.0 Å². The van der Waals surface area contributed by atoms with Crippen molar-refractivity contribution in [1.82, 2.24) is 0 Å². The number of benzene rings is 2. The number of hydrogen-bond donors (Lipinski definition) is 0. The highest BCUT2D eigenvalue weighted by Crippen LogP contribution is 2.33. The maximum atomic E-state index is 9.61. The first-order chi connectivity index (χ1) is 8.86. The molecule has 2 aromatic carbocycles. The number of rotatable bonds is 3. The van der Waals surface area contributed by atoms with Crippen molar-refractivity contribution in [3.05, 3.63) is 48.0 Å². The van der Waals surface area contributed by atoms with E-state index < -0.39 is 13.9 Å². The highest BCUT2D eigenvalue weighted by molar-refractivity contribution is 6.69. The Morgan fingerprint density at radius 2 is 1.68 bits per heavy atom. The highest BCUT2D eigenvalue weighted by Gasteiger charge is 2.34. The van der Waals surface area contributed by atoms with Crippen LogP contribution < -0.4 is 0 Å². The zero-order valence-electron chi connectivity index (χ0n) is 11.9. The molecule has 0 spiro atoms. The van der Waals surface area contributed by atoms with E-state index >= 15 is 0 Å². The van der Waals surface area contributed by atoms with E-state index in [2.05, 4.69) is 37.8 Å². The van der Waals surface area contributed by atoms with Gasteiger partial charge < -0.3 is 4.43 Å². The van der Waals surface area contributed by atoms with E-state index in [1.165, 1.54) is 0 Å². The highest BCUT2D eigenvalue weighted by atomic mass is 28.4. The third-order valence-electron chi connectivity index (χ3n) is 3.03. The van der Waals surface area contributed by atoms with Gasteiger partial charge in [0, 0.05) is 5.56 Å². The minimum absolute atomic E-state index is 0.884. The average Bonchev–Trinajstić information content (AvgIpc) is 2.36. The lowest BCUT2D eigenvalue weighted by molar-refractivity contribution is 0.142. The molecule has 0 bridgehead atoms. The lowest BCUT2D eigenvalue weighted by atomic mass is 9.92. The second kappa shape index (κ2) is 4.80. The van der Waals surface area contributed by atoms with Crippen LogP contribution >= 0.6 is 0 Å². The van der Waals surface area contributed by atoms with Crippen molar-refractivity contribution in [2.75, 3.05) is 0 Å². The number of fused-ring (bicyclic) bond motifs is 1. The van der Waals surface area contributed by atoms with Gasteiger partial charge in [-0.05, 0) is 37.3 Å². The summed E-state index contributed by atoms with van der Waals surface area (Å²) >= 11 is 0. The van der Waals surface area contributed by atoms with Crippen LogP contribution in [0.3, 0.4) is 0 Å². The van der Waals surface area contributed by atoms with E-state index in [0.29, 0.717) is 0 Å². The average molecular weight is 269 g/mol. The largest absolute Gasteiger partial charge is 0.397 e. The van der Waals surface area contributed by atoms with Crippen LogP contribution in [0.25, 0.3) is 10.8 Å². The van der Waals surface area contributed by atoms with Crippen LogP contribution in [0.1, 0.15) is 12.5 Å². The molecule has 19 heavy (non-hydrogen) atoms. The molecule has 0 unspecified atom stereocenters. The monoisotopic (exact) mass is 269 g/mol. The molecule has 0 aromatic heterocycles. The summed E-state index contributed by atoms with van der Waals surface area (Å²) in [4.78, 5) is 0. The molecule has 0 amide bonds. The van der Waals surface area contributed by atoms with E-state index in [1.54, 1.807) is 0 Å². The van der Waals surface area contributed by atoms with Crippen LogP contribution in [0.5, 0.6) is 0 Å². The molecule has 0 aliphatic carbocycles. The molecule has 3 heteroatoms. The van der Waals surface area contributed by atoms with Crippen LogP contribution in [0.4, 0.5) is 0 Å². The normalized spacial score (nSPS) is 14.9. The zero-order valence-corrected chi connectivity index (χ0v) is 12.9. The molecular weight excluding hydrogens is 250 g/mol. The molecule has 2 rings (SSSR count). The van der Waals surface area contributed by atoms with E-state index in [9.17, 15) is 5.26 Å². The van der Waals surface area contributed by atoms with Gasteiger partial charge in [-0.25, -0.2) is 0 Å². The molecule has 1 atom stereocenters. The number of nitrogens with zero attached hydrogens (tertiary/aromatic N) is 1. The van der Waals surface area contributed by atoms with Gasteiger partial charge >= 0.3 is 0 Å². The minimum atomic E-state index is -1.81. The quantitative estimate of drug-likeness (QED) is 0.772. The van der Waals surface area contributed by atoms with Crippen LogP contribution in [0.2, 0.25) is 19.6 Å². The molecule has 2 aromatic rings. The molecule has 0 aliphatic heterocycles. The first kappa shape index (κ1) is 13.8. The van der Waals surface area contributed by atoms with Crippen molar-refractivity contribution < 1.29 is 4.43 Å². The fraction of sp³-hybridized carbons (Fsp3) is 0.312. The Bertz CT molecular complexity index is 634. The molecule has 0 aliphatic rings. The zero-order chi connectivity index (χ0) is 14.1. The van der Waals surface area contributed by atoms with Crippen molar-refractivity contribution in [2.24, 2.45) is 0 Å². The Balaban J connectivity index is 2.62. The molecule has 2 nitrogen and oxygen atoms in total. The summed E-state index contributed by atoms with van der Waals surface area (Å²) in [6.45, 7) is 8.18. The van der Waals surface area contributed by atoms with E-state index in [-0.39, 0.29) is 0 Å². The Morgan fingerprint density at radius 1 is 1.05 bits per heavy atom. The van der Waals surface area contributed by atoms with Crippen molar-refractivity contribution in [1.29, 1.82) is 5.26 Å². The van der Waals surface area contributed by atoms with Gasteiger partial charge in [-0.3, -0.25) is 0 Å². The van der Waals surface area contributed by atoms with E-state index in [0.717, 1.165) is 16.3 Å². The Morgan fingerprint density at radius 3 is 2.32 bits per heavy atom. The van der Waals surface area contributed by atoms with Gasteiger partial charge in [0.25, 0.3) is 0 Å². The maximum Gasteiger partial charge on any atom is 0.186 e. The summed E-state index contributed by atoms with van der Waals surface area (Å²) in [5, 5.41) is 11.8. The van der Waals surface area contributed by atoms with Crippen LogP contribution in [0.15, 0.2) is 42.5 Å². The van der Waals surface area contributed by atoms with Gasteiger partial charge in [0.1, 0.15) is 6.07 Å². The summed E-state index contributed by atoms with van der Waals surface area (Å²) in [5.74, 6) is 0. The molecule has 0 N–H and O–H groups in total. The van der Waals surface area contributed by atoms with Crippen LogP contribution in [-0.4, -0.2) is 8.32 Å². The Hall–Kier alpha value is -1.63. The van der Waals surface area contributed by atoms with Crippen molar-refractivity contribution in [3.8, 4) is 6.07 Å². The summed E-state index contributed by atoms with van der Waals surface area (Å²) in [6, 6.07) is 16.5. The van der Waals surface area contributed by atoms with Crippen molar-refractivity contribution in [3.63, 3.8) is 0 Å². The van der Waals surface area contributed by atoms with Gasteiger partial charge in [-0.15, -0.1) is 0 Å². The van der Waals surface area contributed by atoms with Gasteiger partial charge in [0.2, 0.25) is 0 Å². The molecule has 0 saturated carbocycles. The van der Waals surface area contributed by atoms with Crippen LogP contribution in [0, 0.1) is 11.3 Å². The molecule has 0 radical (unpaired) electrons. The van der Waals surface area contributed by atoms with Crippen LogP contribution in [-0.2, 0) is 10.0 Å². The van der Waals surface area contributed by atoms with Gasteiger partial charge in [-0.1, -0.05) is 42.5 Å². The summed E-state index contributed by atoms with van der Waals surface area (Å²) in [5.41, 5.74) is 0.0706. The maximum absolute atomic E-state index is 9.61. The van der Waals surface area contributed by atoms with Gasteiger partial charge in [-0.2, -0.15) is 5.26 Å². The fourth-order valence-corrected chi connectivity index (χ4v) is 3.77. The number of nitriles is 1. The summed E-state index contributed by atoms with van der Waals surface area (Å²) in [6.07, 6.45) is 0. The third-order valence-corrected chi connectivity index (χ3v) is 4.05. The molecule has 0 saturated heterocycles. The third kappa shape index (κ3) is 2.86. The predicted octanol–water partition coefficient (Wildman–Crippen LogP) is 4.43. The van der Waals surface area contributed by atoms with Gasteiger partial charge in [0.15, 0.2) is 13.9 Å². The lowest BCUT2D eigenvalue weighted by Gasteiger charge is -2.31. The first-order valence-electron chi connectivity index (χ1n) is 6.45. The second-order valence-electron chi connectivity index (χ2n) is 5.89. The van der Waals surface area contributed by atoms with Crippen molar-refractivity contribution >= 4 is 19.1 Å². The molecule has 98 valence electrons. The molecule has 0 fully saturated rings. The van der Waals surface area contributed by atoms with Crippen molar-refractivity contribution in [2.45, 2.75) is 32.2 Å². The van der Waals surface area contributed by atoms with E-state index in [1.807, 2.05) is 37.3 Å². The fourth-order valence-electron chi connectivity index (χ4n) is 2.39. The summed E-state index contributed by atoms with van der Waals surface area (Å²) in [7, 11) is -1.81. The first-order valence-corrected chi connectivity index (χ1v) is 9.86. The SMILES string of the molecule is C[C@](C#N)(O[Si](C)(C)C)c1cccc2ccccc12. The standard InChI is InChI=1S/C16H19NOSi/c1-16(12-17,18-19(2,3)4)15-11-7-9-13-8-5-6-10-14(13)15/h5-11H,1-4H3/t16-/m1/s1. The molecular formula is C16H19NOSi. The number of hydrogen-bond acceptors (Lipinski definition) is 2. The predicted molar refractivity (Wildman–Crippen MR) is 81.3 cm³/mol. The lowest BCUT2D eigenvalue weighted by Crippen LogP contribution is -2.37. The molecule has 0 heterocycles. The van der Waals surface area contributed by atoms with Gasteiger partial charge in [0.05, 0.1) is 0 Å². The minimum Gasteiger partial charge on any atom is -0.397 e.